The zero-order chi connectivity index (χ0) is 22.1. The molecule has 0 spiro atoms. The summed E-state index contributed by atoms with van der Waals surface area (Å²) in [4.78, 5) is 41.3. The van der Waals surface area contributed by atoms with Crippen molar-refractivity contribution in [2.24, 2.45) is 11.8 Å². The van der Waals surface area contributed by atoms with Crippen molar-refractivity contribution >= 4 is 27.5 Å². The minimum absolute atomic E-state index is 0.0656. The van der Waals surface area contributed by atoms with E-state index >= 15 is 0 Å². The van der Waals surface area contributed by atoms with Crippen LogP contribution in [0.15, 0.2) is 45.3 Å². The fourth-order valence-corrected chi connectivity index (χ4v) is 5.32. The van der Waals surface area contributed by atoms with E-state index < -0.39 is 5.69 Å². The molecule has 1 amide bonds. The lowest BCUT2D eigenvalue weighted by Crippen LogP contribution is -2.47. The highest BCUT2D eigenvalue weighted by molar-refractivity contribution is 7.17. The molecule has 0 radical (unpaired) electrons. The number of benzene rings is 1. The molecule has 1 aromatic carbocycles. The second-order valence-corrected chi connectivity index (χ2v) is 9.41. The minimum Gasteiger partial charge on any atom is -0.497 e. The van der Waals surface area contributed by atoms with E-state index in [1.165, 1.54) is 20.5 Å². The summed E-state index contributed by atoms with van der Waals surface area (Å²) < 4.78 is 8.39. The number of fused-ring (bicyclic) bond motifs is 1. The van der Waals surface area contributed by atoms with E-state index in [1.54, 1.807) is 24.6 Å². The summed E-state index contributed by atoms with van der Waals surface area (Å²) >= 11 is 1.29. The van der Waals surface area contributed by atoms with Gasteiger partial charge in [-0.25, -0.2) is 4.79 Å². The maximum absolute atomic E-state index is 13.3. The minimum atomic E-state index is -0.467. The van der Waals surface area contributed by atoms with Gasteiger partial charge in [-0.2, -0.15) is 0 Å². The maximum atomic E-state index is 13.3. The molecule has 1 fully saturated rings. The molecule has 3 heterocycles. The van der Waals surface area contributed by atoms with E-state index in [0.717, 1.165) is 12.0 Å². The molecular formula is C23H27N3O4S. The summed E-state index contributed by atoms with van der Waals surface area (Å²) in [6.07, 6.45) is 1.10. The molecule has 0 saturated carbocycles. The number of amides is 1. The number of likely N-dealkylation sites (tertiary alicyclic amines) is 1. The first-order chi connectivity index (χ1) is 14.9. The van der Waals surface area contributed by atoms with Crippen LogP contribution >= 0.6 is 11.3 Å². The topological polar surface area (TPSA) is 73.5 Å². The molecule has 7 nitrogen and oxygen atoms in total. The van der Waals surface area contributed by atoms with Crippen LogP contribution in [0.1, 0.15) is 25.8 Å². The molecule has 0 N–H and O–H groups in total. The average Bonchev–Trinajstić information content (AvgIpc) is 3.23. The first-order valence-electron chi connectivity index (χ1n) is 10.5. The van der Waals surface area contributed by atoms with Gasteiger partial charge in [0.15, 0.2) is 0 Å². The molecular weight excluding hydrogens is 414 g/mol. The molecule has 1 aliphatic heterocycles. The maximum Gasteiger partial charge on any atom is 0.332 e. The normalized spacial score (nSPS) is 19.0. The van der Waals surface area contributed by atoms with Crippen molar-refractivity contribution < 1.29 is 9.53 Å². The van der Waals surface area contributed by atoms with Gasteiger partial charge >= 0.3 is 5.69 Å². The number of rotatable bonds is 5. The van der Waals surface area contributed by atoms with Crippen molar-refractivity contribution in [3.05, 3.63) is 62.1 Å². The van der Waals surface area contributed by atoms with Crippen molar-refractivity contribution in [1.82, 2.24) is 14.0 Å². The molecule has 3 aromatic rings. The quantitative estimate of drug-likeness (QED) is 0.610. The van der Waals surface area contributed by atoms with Crippen LogP contribution in [0.5, 0.6) is 5.75 Å². The van der Waals surface area contributed by atoms with Gasteiger partial charge in [-0.05, 0) is 47.4 Å². The fourth-order valence-electron chi connectivity index (χ4n) is 4.48. The average molecular weight is 442 g/mol. The van der Waals surface area contributed by atoms with Gasteiger partial charge in [0.2, 0.25) is 5.91 Å². The molecule has 31 heavy (non-hydrogen) atoms. The van der Waals surface area contributed by atoms with Crippen LogP contribution in [0.4, 0.5) is 0 Å². The van der Waals surface area contributed by atoms with Crippen molar-refractivity contribution in [2.45, 2.75) is 33.4 Å². The number of aromatic nitrogens is 2. The Hall–Kier alpha value is -2.87. The van der Waals surface area contributed by atoms with Gasteiger partial charge < -0.3 is 9.64 Å². The zero-order valence-corrected chi connectivity index (χ0v) is 18.9. The van der Waals surface area contributed by atoms with E-state index in [9.17, 15) is 14.4 Å². The molecule has 0 aliphatic carbocycles. The lowest BCUT2D eigenvalue weighted by Gasteiger charge is -2.35. The Morgan fingerprint density at radius 3 is 2.58 bits per heavy atom. The Labute approximate surface area is 184 Å². The third kappa shape index (κ3) is 4.30. The second kappa shape index (κ2) is 8.70. The third-order valence-electron chi connectivity index (χ3n) is 5.83. The van der Waals surface area contributed by atoms with Crippen LogP contribution < -0.4 is 16.0 Å². The molecule has 2 atom stereocenters. The van der Waals surface area contributed by atoms with Crippen molar-refractivity contribution in [3.63, 3.8) is 0 Å². The van der Waals surface area contributed by atoms with Crippen LogP contribution in [-0.4, -0.2) is 40.1 Å². The molecule has 164 valence electrons. The number of carbonyl (C=O) groups excluding carboxylic acids is 1. The molecule has 0 bridgehead atoms. The zero-order valence-electron chi connectivity index (χ0n) is 18.0. The number of methoxy groups -OCH3 is 1. The lowest BCUT2D eigenvalue weighted by molar-refractivity contribution is -0.134. The van der Waals surface area contributed by atoms with Crippen LogP contribution in [0.3, 0.4) is 0 Å². The van der Waals surface area contributed by atoms with Gasteiger partial charge in [-0.3, -0.25) is 18.7 Å². The van der Waals surface area contributed by atoms with Gasteiger partial charge in [0, 0.05) is 13.1 Å². The monoisotopic (exact) mass is 441 g/mol. The van der Waals surface area contributed by atoms with Crippen LogP contribution in [-0.2, 0) is 17.9 Å². The first kappa shape index (κ1) is 21.4. The molecule has 2 aromatic heterocycles. The number of nitrogens with zero attached hydrogens (tertiary/aromatic N) is 3. The molecule has 0 unspecified atom stereocenters. The largest absolute Gasteiger partial charge is 0.497 e. The second-order valence-electron chi connectivity index (χ2n) is 8.49. The standard InChI is InChI=1S/C23H27N3O4S/c1-15-9-16(2)12-24(11-15)20(27)14-25-19-7-8-31-21(19)22(28)26(23(25)29)13-17-5-4-6-18(10-17)30-3/h4-8,10,15-16H,9,11-14H2,1-3H3/t15-,16-/m0/s1. The predicted octanol–water partition coefficient (Wildman–Crippen LogP) is 2.79. The van der Waals surface area contributed by atoms with E-state index in [2.05, 4.69) is 13.8 Å². The molecule has 4 rings (SSSR count). The van der Waals surface area contributed by atoms with Crippen molar-refractivity contribution in [3.8, 4) is 5.75 Å². The SMILES string of the molecule is COc1cccc(Cn2c(=O)c3sccc3n(CC(=O)N3C[C@@H](C)C[C@H](C)C3)c2=O)c1. The highest BCUT2D eigenvalue weighted by atomic mass is 32.1. The van der Waals surface area contributed by atoms with Crippen LogP contribution in [0, 0.1) is 11.8 Å². The summed E-state index contributed by atoms with van der Waals surface area (Å²) in [7, 11) is 1.57. The Bertz CT molecular complexity index is 1220. The Kier molecular flexibility index (Phi) is 6.00. The predicted molar refractivity (Wildman–Crippen MR) is 122 cm³/mol. The number of piperidine rings is 1. The van der Waals surface area contributed by atoms with Gasteiger partial charge in [0.1, 0.15) is 17.0 Å². The van der Waals surface area contributed by atoms with Crippen LogP contribution in [0.25, 0.3) is 10.2 Å². The van der Waals surface area contributed by atoms with E-state index in [1.807, 2.05) is 23.1 Å². The molecule has 8 heteroatoms. The van der Waals surface area contributed by atoms with Gasteiger partial charge in [0.05, 0.1) is 19.2 Å². The Balaban J connectivity index is 1.72. The van der Waals surface area contributed by atoms with Crippen LogP contribution in [0.2, 0.25) is 0 Å². The number of ether oxygens (including phenoxy) is 1. The number of hydrogen-bond donors (Lipinski definition) is 0. The van der Waals surface area contributed by atoms with Crippen molar-refractivity contribution in [1.29, 1.82) is 0 Å². The van der Waals surface area contributed by atoms with Gasteiger partial charge in [-0.15, -0.1) is 11.3 Å². The summed E-state index contributed by atoms with van der Waals surface area (Å²) in [5.41, 5.74) is 0.506. The number of hydrogen-bond acceptors (Lipinski definition) is 5. The summed E-state index contributed by atoms with van der Waals surface area (Å²) in [5.74, 6) is 1.45. The highest BCUT2D eigenvalue weighted by Crippen LogP contribution is 2.22. The summed E-state index contributed by atoms with van der Waals surface area (Å²) in [6.45, 7) is 5.75. The van der Waals surface area contributed by atoms with E-state index in [-0.39, 0.29) is 24.6 Å². The Morgan fingerprint density at radius 1 is 1.13 bits per heavy atom. The summed E-state index contributed by atoms with van der Waals surface area (Å²) in [5, 5.41) is 1.79. The molecule has 1 saturated heterocycles. The first-order valence-corrected chi connectivity index (χ1v) is 11.4. The fraction of sp³-hybridized carbons (Fsp3) is 0.435. The van der Waals surface area contributed by atoms with Gasteiger partial charge in [0.25, 0.3) is 5.56 Å². The number of thiophene rings is 1. The highest BCUT2D eigenvalue weighted by Gasteiger charge is 2.26. The Morgan fingerprint density at radius 2 is 1.87 bits per heavy atom. The van der Waals surface area contributed by atoms with Crippen molar-refractivity contribution in [2.75, 3.05) is 20.2 Å². The summed E-state index contributed by atoms with van der Waals surface area (Å²) in [6, 6.07) is 9.03. The molecule has 1 aliphatic rings. The van der Waals surface area contributed by atoms with Gasteiger partial charge in [-0.1, -0.05) is 26.0 Å². The van der Waals surface area contributed by atoms with E-state index in [4.69, 9.17) is 4.74 Å². The van der Waals surface area contributed by atoms with E-state index in [0.29, 0.717) is 40.9 Å². The smallest absolute Gasteiger partial charge is 0.332 e. The number of carbonyl (C=O) groups is 1. The lowest BCUT2D eigenvalue weighted by atomic mass is 9.92. The third-order valence-corrected chi connectivity index (χ3v) is 6.72.